The van der Waals surface area contributed by atoms with Crippen LogP contribution in [-0.4, -0.2) is 76.4 Å². The normalized spacial score (nSPS) is 12.1. The van der Waals surface area contributed by atoms with Crippen molar-refractivity contribution in [2.45, 2.75) is 19.3 Å². The van der Waals surface area contributed by atoms with Gasteiger partial charge in [-0.15, -0.1) is 0 Å². The van der Waals surface area contributed by atoms with E-state index < -0.39 is 0 Å². The van der Waals surface area contributed by atoms with E-state index in [0.29, 0.717) is 6.73 Å². The first-order chi connectivity index (χ1) is 35.8. The fourth-order valence-electron chi connectivity index (χ4n) is 7.46. The maximum absolute atomic E-state index is 5.44. The second-order valence-electron chi connectivity index (χ2n) is 16.0. The topological polar surface area (TPSA) is 162 Å². The zero-order valence-corrected chi connectivity index (χ0v) is 39.8. The van der Waals surface area contributed by atoms with Crippen molar-refractivity contribution in [1.82, 2.24) is 60.7 Å². The van der Waals surface area contributed by atoms with E-state index in [2.05, 4.69) is 91.0 Å². The average molecular weight is 947 g/mol. The van der Waals surface area contributed by atoms with Crippen LogP contribution in [0.1, 0.15) is 16.7 Å². The number of rotatable bonds is 0. The molecule has 13 nitrogen and oxygen atoms in total. The van der Waals surface area contributed by atoms with Crippen LogP contribution in [0.4, 0.5) is 0 Å². The standard InChI is InChI=1S/C10H13N.C9H11NO.5C8H6N2/c1-2-4-10-6-8-11-7-5-9(10)3-1;1-2-4-9-8(3-1)5-6-10-7-11-9;1-3-7-8(9-5-1)4-2-6-10-7;1-3-7-4-2-6-10-8(7)9-5-1;1-2-7-6-9-5-3-8(7)10-4-1;1-2-7-3-5-9-6-8(7)10-4-1;1-2-4-8-7(3-1)5-6-9-10-8/h1-4,11H,5-8H2;1-4,10H,5-7H2;5*1-6H. The van der Waals surface area contributed by atoms with Crippen molar-refractivity contribution in [3.05, 3.63) is 249 Å². The van der Waals surface area contributed by atoms with Gasteiger partial charge in [-0.05, 0) is 146 Å². The van der Waals surface area contributed by atoms with Crippen LogP contribution in [-0.2, 0) is 19.3 Å². The van der Waals surface area contributed by atoms with Crippen molar-refractivity contribution < 1.29 is 4.74 Å². The molecule has 12 aromatic rings. The molecular weight excluding hydrogens is 893 g/mol. The van der Waals surface area contributed by atoms with Crippen molar-refractivity contribution in [2.24, 2.45) is 0 Å². The summed E-state index contributed by atoms with van der Waals surface area (Å²) in [6.45, 7) is 3.92. The Bertz CT molecular complexity index is 2660. The summed E-state index contributed by atoms with van der Waals surface area (Å²) in [6.07, 6.45) is 22.8. The van der Waals surface area contributed by atoms with E-state index in [4.69, 9.17) is 4.74 Å². The molecule has 2 aliphatic rings. The van der Waals surface area contributed by atoms with E-state index in [0.717, 1.165) is 86.6 Å². The molecule has 356 valence electrons. The maximum Gasteiger partial charge on any atom is 0.159 e. The predicted octanol–water partition coefficient (Wildman–Crippen LogP) is 10.7. The molecule has 0 fully saturated rings. The minimum atomic E-state index is 0.636. The summed E-state index contributed by atoms with van der Waals surface area (Å²) in [4.78, 5) is 32.6. The second-order valence-corrected chi connectivity index (χ2v) is 16.0. The molecule has 2 aliphatic heterocycles. The summed E-state index contributed by atoms with van der Waals surface area (Å²) in [6, 6.07) is 53.9. The highest BCUT2D eigenvalue weighted by atomic mass is 16.5. The molecule has 0 saturated carbocycles. The van der Waals surface area contributed by atoms with Crippen molar-refractivity contribution in [1.29, 1.82) is 0 Å². The lowest BCUT2D eigenvalue weighted by Crippen LogP contribution is -2.19. The van der Waals surface area contributed by atoms with Crippen LogP contribution in [0.5, 0.6) is 5.75 Å². The van der Waals surface area contributed by atoms with Gasteiger partial charge in [0.1, 0.15) is 12.5 Å². The Morgan fingerprint density at radius 2 is 0.819 bits per heavy atom. The Kier molecular flexibility index (Phi) is 19.1. The summed E-state index contributed by atoms with van der Waals surface area (Å²) in [5.74, 6) is 1.03. The molecule has 0 atom stereocenters. The number of nitrogens with zero attached hydrogens (tertiary/aromatic N) is 10. The highest BCUT2D eigenvalue weighted by Crippen LogP contribution is 2.19. The third-order valence-electron chi connectivity index (χ3n) is 11.1. The van der Waals surface area contributed by atoms with Crippen LogP contribution in [0.2, 0.25) is 0 Å². The van der Waals surface area contributed by atoms with Crippen molar-refractivity contribution in [3.8, 4) is 5.75 Å². The van der Waals surface area contributed by atoms with Crippen LogP contribution >= 0.6 is 0 Å². The number of pyridine rings is 8. The molecule has 0 spiro atoms. The molecule has 13 heteroatoms. The summed E-state index contributed by atoms with van der Waals surface area (Å²) in [7, 11) is 0. The monoisotopic (exact) mass is 946 g/mol. The first-order valence-electron chi connectivity index (χ1n) is 23.7. The van der Waals surface area contributed by atoms with E-state index in [1.54, 1.807) is 62.0 Å². The number of para-hydroxylation sites is 1. The molecule has 0 bridgehead atoms. The molecule has 3 aromatic carbocycles. The third kappa shape index (κ3) is 15.5. The predicted molar refractivity (Wildman–Crippen MR) is 288 cm³/mol. The SMILES string of the molecule is c1ccc2c(c1)CCNCC2.c1ccc2c(c1)CCNCO2.c1ccc2nnccc2c1.c1cnc2cccnc2c1.c1cnc2ccncc2c1.c1cnc2cnccc2c1.c1cnc2ncccc2c1. The Morgan fingerprint density at radius 1 is 0.333 bits per heavy atom. The van der Waals surface area contributed by atoms with E-state index in [1.807, 2.05) is 140 Å². The first kappa shape index (κ1) is 49.4. The van der Waals surface area contributed by atoms with Gasteiger partial charge in [0.15, 0.2) is 5.65 Å². The average Bonchev–Trinajstić information content (AvgIpc) is 3.88. The molecule has 2 N–H and O–H groups in total. The lowest BCUT2D eigenvalue weighted by Gasteiger charge is -2.03. The highest BCUT2D eigenvalue weighted by Gasteiger charge is 2.06. The largest absolute Gasteiger partial charge is 0.478 e. The van der Waals surface area contributed by atoms with Crippen LogP contribution in [0.25, 0.3) is 54.8 Å². The van der Waals surface area contributed by atoms with Crippen molar-refractivity contribution in [3.63, 3.8) is 0 Å². The van der Waals surface area contributed by atoms with Crippen LogP contribution in [0.15, 0.2) is 232 Å². The van der Waals surface area contributed by atoms with Gasteiger partial charge in [-0.3, -0.25) is 35.2 Å². The summed E-state index contributed by atoms with van der Waals surface area (Å²) >= 11 is 0. The Labute approximate surface area is 418 Å². The second kappa shape index (κ2) is 27.8. The van der Waals surface area contributed by atoms with E-state index in [1.165, 1.54) is 29.5 Å². The molecule has 72 heavy (non-hydrogen) atoms. The van der Waals surface area contributed by atoms with Gasteiger partial charge in [0.25, 0.3) is 0 Å². The van der Waals surface area contributed by atoms with Crippen LogP contribution in [0, 0.1) is 0 Å². The Hall–Kier alpha value is -9.04. The van der Waals surface area contributed by atoms with Gasteiger partial charge >= 0.3 is 0 Å². The van der Waals surface area contributed by atoms with Gasteiger partial charge in [-0.25, -0.2) is 9.97 Å². The number of ether oxygens (including phenoxy) is 1. The number of fused-ring (bicyclic) bond motifs is 7. The summed E-state index contributed by atoms with van der Waals surface area (Å²) < 4.78 is 5.44. The minimum Gasteiger partial charge on any atom is -0.478 e. The Morgan fingerprint density at radius 3 is 1.50 bits per heavy atom. The third-order valence-corrected chi connectivity index (χ3v) is 11.1. The van der Waals surface area contributed by atoms with Gasteiger partial charge in [0.2, 0.25) is 0 Å². The molecular formula is C59H54N12O. The molecule has 9 aromatic heterocycles. The quantitative estimate of drug-likeness (QED) is 0.148. The lowest BCUT2D eigenvalue weighted by molar-refractivity contribution is 0.294. The van der Waals surface area contributed by atoms with E-state index in [-0.39, 0.29) is 0 Å². The number of hydrogen-bond donors (Lipinski definition) is 2. The van der Waals surface area contributed by atoms with Crippen molar-refractivity contribution >= 4 is 54.8 Å². The fraction of sp³-hybridized carbons (Fsp3) is 0.119. The van der Waals surface area contributed by atoms with E-state index >= 15 is 0 Å². The van der Waals surface area contributed by atoms with E-state index in [9.17, 15) is 0 Å². The minimum absolute atomic E-state index is 0.636. The lowest BCUT2D eigenvalue weighted by atomic mass is 10.0. The van der Waals surface area contributed by atoms with Crippen LogP contribution < -0.4 is 15.4 Å². The van der Waals surface area contributed by atoms with Crippen LogP contribution in [0.3, 0.4) is 0 Å². The zero-order chi connectivity index (χ0) is 49.1. The molecule has 0 saturated heterocycles. The molecule has 11 heterocycles. The summed E-state index contributed by atoms with van der Waals surface area (Å²) in [5.41, 5.74) is 9.96. The molecule has 0 amide bonds. The number of aromatic nitrogens is 10. The maximum atomic E-state index is 5.44. The zero-order valence-electron chi connectivity index (χ0n) is 39.8. The van der Waals surface area contributed by atoms with Gasteiger partial charge in [0, 0.05) is 83.9 Å². The van der Waals surface area contributed by atoms with Gasteiger partial charge in [-0.2, -0.15) is 10.2 Å². The highest BCUT2D eigenvalue weighted by molar-refractivity contribution is 5.78. The smallest absolute Gasteiger partial charge is 0.159 e. The molecule has 0 radical (unpaired) electrons. The number of hydrogen-bond acceptors (Lipinski definition) is 13. The van der Waals surface area contributed by atoms with Gasteiger partial charge in [0.05, 0.1) is 40.0 Å². The summed E-state index contributed by atoms with van der Waals surface area (Å²) in [5, 5.41) is 18.7. The molecule has 14 rings (SSSR count). The Balaban J connectivity index is 0.000000112. The molecule has 0 unspecified atom stereocenters. The van der Waals surface area contributed by atoms with Crippen molar-refractivity contribution in [2.75, 3.05) is 26.4 Å². The molecule has 0 aliphatic carbocycles. The van der Waals surface area contributed by atoms with Gasteiger partial charge in [-0.1, -0.05) is 66.7 Å². The number of nitrogens with one attached hydrogen (secondary N) is 2. The number of benzene rings is 3. The first-order valence-corrected chi connectivity index (χ1v) is 23.7. The van der Waals surface area contributed by atoms with Gasteiger partial charge < -0.3 is 10.1 Å². The fourth-order valence-corrected chi connectivity index (χ4v) is 7.46.